The monoisotopic (exact) mass is 570 g/mol. The molecule has 0 spiro atoms. The number of nitriles is 1. The zero-order valence-corrected chi connectivity index (χ0v) is 21.8. The molecule has 7 nitrogen and oxygen atoms in total. The molecule has 0 radical (unpaired) electrons. The highest BCUT2D eigenvalue weighted by molar-refractivity contribution is 9.10. The van der Waals surface area contributed by atoms with Crippen LogP contribution >= 0.6 is 27.5 Å². The minimum Gasteiger partial charge on any atom is -0.366 e. The van der Waals surface area contributed by atoms with Crippen molar-refractivity contribution in [2.75, 3.05) is 5.32 Å². The van der Waals surface area contributed by atoms with E-state index in [9.17, 15) is 4.79 Å². The van der Waals surface area contributed by atoms with E-state index in [-0.39, 0.29) is 5.91 Å². The number of hydrogen-bond donors (Lipinski definition) is 2. The highest BCUT2D eigenvalue weighted by Crippen LogP contribution is 2.30. The van der Waals surface area contributed by atoms with Gasteiger partial charge in [-0.05, 0) is 51.3 Å². The lowest BCUT2D eigenvalue weighted by Crippen LogP contribution is -2.22. The molecule has 0 aliphatic carbocycles. The summed E-state index contributed by atoms with van der Waals surface area (Å²) in [7, 11) is 0. The Balaban J connectivity index is 1.28. The van der Waals surface area contributed by atoms with Gasteiger partial charge in [-0.3, -0.25) is 4.79 Å². The van der Waals surface area contributed by atoms with Crippen LogP contribution < -0.4 is 10.6 Å². The largest absolute Gasteiger partial charge is 0.366 e. The number of nitrogens with zero attached hydrogens (tertiary/aromatic N) is 4. The van der Waals surface area contributed by atoms with Crippen LogP contribution in [0.1, 0.15) is 27.0 Å². The number of carbonyl (C=O) groups excluding carboxylic acids is 1. The van der Waals surface area contributed by atoms with Gasteiger partial charge in [0.15, 0.2) is 5.65 Å². The van der Waals surface area contributed by atoms with Crippen LogP contribution in [0.2, 0.25) is 5.02 Å². The second kappa shape index (κ2) is 10.8. The van der Waals surface area contributed by atoms with E-state index >= 15 is 0 Å². The lowest BCUT2D eigenvalue weighted by Gasteiger charge is -2.12. The molecule has 0 bridgehead atoms. The van der Waals surface area contributed by atoms with E-state index in [2.05, 4.69) is 31.7 Å². The lowest BCUT2D eigenvalue weighted by atomic mass is 10.1. The smallest absolute Gasteiger partial charge is 0.251 e. The number of anilines is 1. The molecule has 182 valence electrons. The van der Waals surface area contributed by atoms with Gasteiger partial charge < -0.3 is 10.6 Å². The number of amides is 1. The number of aromatic nitrogens is 3. The number of hydrogen-bond acceptors (Lipinski definition) is 5. The second-order valence-electron chi connectivity index (χ2n) is 8.28. The summed E-state index contributed by atoms with van der Waals surface area (Å²) < 4.78 is 2.53. The van der Waals surface area contributed by atoms with Gasteiger partial charge in [0.25, 0.3) is 5.91 Å². The van der Waals surface area contributed by atoms with Gasteiger partial charge in [-0.15, -0.1) is 0 Å². The molecule has 0 aliphatic rings. The molecule has 0 saturated heterocycles. The van der Waals surface area contributed by atoms with E-state index in [1.54, 1.807) is 35.0 Å². The van der Waals surface area contributed by atoms with Crippen LogP contribution in [0.25, 0.3) is 16.9 Å². The second-order valence-corrected chi connectivity index (χ2v) is 9.54. The van der Waals surface area contributed by atoms with Gasteiger partial charge in [-0.1, -0.05) is 60.1 Å². The molecule has 2 aromatic heterocycles. The normalized spacial score (nSPS) is 10.7. The molecule has 9 heteroatoms. The molecule has 37 heavy (non-hydrogen) atoms. The minimum atomic E-state index is -0.218. The Hall–Kier alpha value is -4.19. The molecule has 1 amide bonds. The topological polar surface area (TPSA) is 95.1 Å². The molecule has 0 atom stereocenters. The van der Waals surface area contributed by atoms with Gasteiger partial charge in [0, 0.05) is 35.3 Å². The first kappa shape index (κ1) is 24.5. The summed E-state index contributed by atoms with van der Waals surface area (Å²) in [5, 5.41) is 20.4. The number of rotatable bonds is 7. The van der Waals surface area contributed by atoms with Crippen molar-refractivity contribution >= 4 is 44.9 Å². The molecule has 2 N–H and O–H groups in total. The summed E-state index contributed by atoms with van der Waals surface area (Å²) in [6, 6.07) is 26.2. The van der Waals surface area contributed by atoms with Crippen molar-refractivity contribution in [3.8, 4) is 17.3 Å². The van der Waals surface area contributed by atoms with E-state index < -0.39 is 0 Å². The summed E-state index contributed by atoms with van der Waals surface area (Å²) in [4.78, 5) is 17.2. The highest BCUT2D eigenvalue weighted by atomic mass is 79.9. The molecule has 0 unspecified atom stereocenters. The van der Waals surface area contributed by atoms with Crippen LogP contribution in [-0.2, 0) is 13.1 Å². The SMILES string of the molecule is N#Cc1cccc(C(=O)NCc2ccc(CNc3cc(-c4ccccc4Cl)nc4c(Br)cnn34)cc2)c1. The minimum absolute atomic E-state index is 0.218. The van der Waals surface area contributed by atoms with Gasteiger partial charge >= 0.3 is 0 Å². The lowest BCUT2D eigenvalue weighted by molar-refractivity contribution is 0.0951. The molecule has 2 heterocycles. The third-order valence-electron chi connectivity index (χ3n) is 5.78. The van der Waals surface area contributed by atoms with Crippen LogP contribution in [0.4, 0.5) is 5.82 Å². The fourth-order valence-corrected chi connectivity index (χ4v) is 4.43. The Morgan fingerprint density at radius 1 is 1.00 bits per heavy atom. The fraction of sp³-hybridized carbons (Fsp3) is 0.0714. The summed E-state index contributed by atoms with van der Waals surface area (Å²) in [5.41, 5.74) is 5.22. The first-order valence-electron chi connectivity index (χ1n) is 11.4. The van der Waals surface area contributed by atoms with Crippen molar-refractivity contribution in [2.45, 2.75) is 13.1 Å². The molecular weight excluding hydrogens is 552 g/mol. The number of fused-ring (bicyclic) bond motifs is 1. The molecular formula is C28H20BrClN6O. The first-order chi connectivity index (χ1) is 18.0. The summed E-state index contributed by atoms with van der Waals surface area (Å²) >= 11 is 9.95. The predicted molar refractivity (Wildman–Crippen MR) is 147 cm³/mol. The standard InChI is InChI=1S/C28H20BrClN6O/c29-23-17-34-36-26(13-25(35-27(23)36)22-6-1-2-7-24(22)30)32-15-18-8-10-19(11-9-18)16-33-28(37)21-5-3-4-20(12-21)14-31/h1-13,17,32H,15-16H2,(H,33,37). The summed E-state index contributed by atoms with van der Waals surface area (Å²) in [5.74, 6) is 0.561. The zero-order chi connectivity index (χ0) is 25.8. The molecule has 0 aliphatic heterocycles. The number of benzene rings is 3. The Kier molecular flexibility index (Phi) is 7.17. The predicted octanol–water partition coefficient (Wildman–Crippen LogP) is 6.23. The van der Waals surface area contributed by atoms with E-state index in [4.69, 9.17) is 21.8 Å². The van der Waals surface area contributed by atoms with Crippen LogP contribution in [0, 0.1) is 11.3 Å². The van der Waals surface area contributed by atoms with Gasteiger partial charge in [-0.25, -0.2) is 4.98 Å². The average molecular weight is 572 g/mol. The van der Waals surface area contributed by atoms with Crippen LogP contribution in [0.5, 0.6) is 0 Å². The highest BCUT2D eigenvalue weighted by Gasteiger charge is 2.13. The third-order valence-corrected chi connectivity index (χ3v) is 6.67. The van der Waals surface area contributed by atoms with Crippen LogP contribution in [0.3, 0.4) is 0 Å². The van der Waals surface area contributed by atoms with Gasteiger partial charge in [0.05, 0.1) is 28.0 Å². The Morgan fingerprint density at radius 2 is 1.76 bits per heavy atom. The van der Waals surface area contributed by atoms with Crippen molar-refractivity contribution in [2.24, 2.45) is 0 Å². The maximum atomic E-state index is 12.4. The average Bonchev–Trinajstić information content (AvgIpc) is 3.31. The molecule has 0 saturated carbocycles. The van der Waals surface area contributed by atoms with Crippen molar-refractivity contribution in [3.63, 3.8) is 0 Å². The van der Waals surface area contributed by atoms with Crippen molar-refractivity contribution in [1.29, 1.82) is 5.26 Å². The van der Waals surface area contributed by atoms with Crippen molar-refractivity contribution in [1.82, 2.24) is 19.9 Å². The first-order valence-corrected chi connectivity index (χ1v) is 12.6. The summed E-state index contributed by atoms with van der Waals surface area (Å²) in [6.45, 7) is 0.947. The van der Waals surface area contributed by atoms with Gasteiger partial charge in [0.1, 0.15) is 5.82 Å². The fourth-order valence-electron chi connectivity index (χ4n) is 3.85. The number of halogens is 2. The number of nitrogens with one attached hydrogen (secondary N) is 2. The van der Waals surface area contributed by atoms with E-state index in [1.165, 1.54) is 0 Å². The molecule has 5 aromatic rings. The van der Waals surface area contributed by atoms with Gasteiger partial charge in [-0.2, -0.15) is 14.9 Å². The van der Waals surface area contributed by atoms with E-state index in [1.807, 2.05) is 60.7 Å². The van der Waals surface area contributed by atoms with Crippen LogP contribution in [-0.4, -0.2) is 20.5 Å². The van der Waals surface area contributed by atoms with E-state index in [0.717, 1.165) is 32.7 Å². The molecule has 3 aromatic carbocycles. The molecule has 5 rings (SSSR count). The van der Waals surface area contributed by atoms with E-state index in [0.29, 0.717) is 34.9 Å². The quantitative estimate of drug-likeness (QED) is 0.242. The van der Waals surface area contributed by atoms with Crippen molar-refractivity contribution < 1.29 is 4.79 Å². The Bertz CT molecular complexity index is 1640. The maximum absolute atomic E-state index is 12.4. The number of carbonyl (C=O) groups is 1. The zero-order valence-electron chi connectivity index (χ0n) is 19.5. The molecule has 0 fully saturated rings. The Morgan fingerprint density at radius 3 is 2.51 bits per heavy atom. The Labute approximate surface area is 226 Å². The third kappa shape index (κ3) is 5.48. The van der Waals surface area contributed by atoms with Crippen LogP contribution in [0.15, 0.2) is 89.5 Å². The van der Waals surface area contributed by atoms with Crippen molar-refractivity contribution in [3.05, 3.63) is 117 Å². The maximum Gasteiger partial charge on any atom is 0.251 e. The van der Waals surface area contributed by atoms with Gasteiger partial charge in [0.2, 0.25) is 0 Å². The summed E-state index contributed by atoms with van der Waals surface area (Å²) in [6.07, 6.45) is 1.71.